The van der Waals surface area contributed by atoms with E-state index in [-0.39, 0.29) is 11.8 Å². The third-order valence-electron chi connectivity index (χ3n) is 2.99. The van der Waals surface area contributed by atoms with E-state index in [0.29, 0.717) is 29.5 Å². The van der Waals surface area contributed by atoms with Gasteiger partial charge in [-0.05, 0) is 24.5 Å². The molecule has 1 aliphatic rings. The number of carbonyl (C=O) groups is 2. The Balaban J connectivity index is 2.13. The van der Waals surface area contributed by atoms with Crippen LogP contribution in [-0.4, -0.2) is 29.1 Å². The lowest BCUT2D eigenvalue weighted by Crippen LogP contribution is -2.31. The molecule has 0 aliphatic carbocycles. The van der Waals surface area contributed by atoms with Crippen molar-refractivity contribution in [3.63, 3.8) is 0 Å². The van der Waals surface area contributed by atoms with Gasteiger partial charge in [0.25, 0.3) is 11.8 Å². The topological polar surface area (TPSA) is 37.4 Å². The van der Waals surface area contributed by atoms with Gasteiger partial charge in [0.1, 0.15) is 0 Å². The number of benzene rings is 1. The largest absolute Gasteiger partial charge is 0.274 e. The molecule has 0 fully saturated rings. The molecule has 4 heteroatoms. The van der Waals surface area contributed by atoms with E-state index in [1.807, 2.05) is 6.92 Å². The smallest absolute Gasteiger partial charge is 0.261 e. The molecule has 1 aliphatic heterocycles. The lowest BCUT2D eigenvalue weighted by Gasteiger charge is -2.15. The lowest BCUT2D eigenvalue weighted by atomic mass is 10.1. The van der Waals surface area contributed by atoms with Crippen LogP contribution >= 0.6 is 11.6 Å². The number of hydrogen-bond acceptors (Lipinski definition) is 2. The van der Waals surface area contributed by atoms with Gasteiger partial charge in [-0.2, -0.15) is 0 Å². The van der Waals surface area contributed by atoms with Crippen molar-refractivity contribution in [2.24, 2.45) is 5.92 Å². The van der Waals surface area contributed by atoms with E-state index in [9.17, 15) is 9.59 Å². The minimum absolute atomic E-state index is 0.188. The summed E-state index contributed by atoms with van der Waals surface area (Å²) in [5.41, 5.74) is 1.02. The van der Waals surface area contributed by atoms with E-state index in [4.69, 9.17) is 11.6 Å². The molecule has 17 heavy (non-hydrogen) atoms. The highest BCUT2D eigenvalue weighted by atomic mass is 35.5. The molecular formula is C13H14ClNO2. The lowest BCUT2D eigenvalue weighted by molar-refractivity contribution is 0.0648. The van der Waals surface area contributed by atoms with Crippen molar-refractivity contribution in [1.82, 2.24) is 4.90 Å². The number of fused-ring (bicyclic) bond motifs is 1. The summed E-state index contributed by atoms with van der Waals surface area (Å²) in [5.74, 6) is 0.476. The van der Waals surface area contributed by atoms with E-state index < -0.39 is 0 Å². The van der Waals surface area contributed by atoms with Crippen LogP contribution in [0.3, 0.4) is 0 Å². The van der Waals surface area contributed by atoms with E-state index in [1.54, 1.807) is 24.3 Å². The van der Waals surface area contributed by atoms with Gasteiger partial charge in [0.2, 0.25) is 0 Å². The predicted octanol–water partition coefficient (Wildman–Crippen LogP) is 2.55. The molecule has 1 aromatic carbocycles. The summed E-state index contributed by atoms with van der Waals surface area (Å²) < 4.78 is 0. The summed E-state index contributed by atoms with van der Waals surface area (Å²) in [6, 6.07) is 6.94. The fourth-order valence-corrected chi connectivity index (χ4v) is 2.02. The van der Waals surface area contributed by atoms with Crippen LogP contribution in [0.5, 0.6) is 0 Å². The summed E-state index contributed by atoms with van der Waals surface area (Å²) in [7, 11) is 0. The Morgan fingerprint density at radius 2 is 1.71 bits per heavy atom. The molecule has 0 spiro atoms. The Hall–Kier alpha value is -1.35. The summed E-state index contributed by atoms with van der Waals surface area (Å²) in [5, 5.41) is 0. The minimum Gasteiger partial charge on any atom is -0.274 e. The minimum atomic E-state index is -0.188. The summed E-state index contributed by atoms with van der Waals surface area (Å²) in [4.78, 5) is 25.3. The Morgan fingerprint density at radius 3 is 2.18 bits per heavy atom. The number of carbonyl (C=O) groups excluding carboxylic acids is 2. The van der Waals surface area contributed by atoms with Crippen molar-refractivity contribution in [3.05, 3.63) is 35.4 Å². The van der Waals surface area contributed by atoms with Gasteiger partial charge < -0.3 is 0 Å². The fraction of sp³-hybridized carbons (Fsp3) is 0.385. The number of nitrogens with zero attached hydrogens (tertiary/aromatic N) is 1. The Bertz CT molecular complexity index is 423. The second-order valence-electron chi connectivity index (χ2n) is 4.36. The Kier molecular flexibility index (Phi) is 3.48. The van der Waals surface area contributed by atoms with Crippen molar-refractivity contribution in [3.8, 4) is 0 Å². The average Bonchev–Trinajstić information content (AvgIpc) is 2.60. The van der Waals surface area contributed by atoms with Crippen LogP contribution < -0.4 is 0 Å². The number of halogens is 1. The van der Waals surface area contributed by atoms with Gasteiger partial charge >= 0.3 is 0 Å². The normalized spacial score (nSPS) is 16.2. The number of rotatable bonds is 4. The van der Waals surface area contributed by atoms with E-state index >= 15 is 0 Å². The Morgan fingerprint density at radius 1 is 1.18 bits per heavy atom. The standard InChI is InChI=1S/C13H14ClNO2/c1-9(8-14)6-7-15-12(16)10-4-2-3-5-11(10)13(15)17/h2-5,9H,6-8H2,1H3. The third-order valence-corrected chi connectivity index (χ3v) is 3.51. The molecule has 1 atom stereocenters. The van der Waals surface area contributed by atoms with Crippen LogP contribution in [-0.2, 0) is 0 Å². The van der Waals surface area contributed by atoms with Gasteiger partial charge in [-0.3, -0.25) is 14.5 Å². The van der Waals surface area contributed by atoms with Crippen LogP contribution in [0.2, 0.25) is 0 Å². The molecule has 3 nitrogen and oxygen atoms in total. The van der Waals surface area contributed by atoms with Gasteiger partial charge in [0.05, 0.1) is 11.1 Å². The zero-order chi connectivity index (χ0) is 12.4. The zero-order valence-corrected chi connectivity index (χ0v) is 10.4. The maximum absolute atomic E-state index is 12.0. The SMILES string of the molecule is CC(CCl)CCN1C(=O)c2ccccc2C1=O. The molecule has 0 saturated carbocycles. The summed E-state index contributed by atoms with van der Waals surface area (Å²) >= 11 is 5.71. The third kappa shape index (κ3) is 2.20. The first kappa shape index (κ1) is 12.1. The van der Waals surface area contributed by atoms with Gasteiger partial charge in [-0.15, -0.1) is 11.6 Å². The highest BCUT2D eigenvalue weighted by Gasteiger charge is 2.34. The van der Waals surface area contributed by atoms with Gasteiger partial charge in [-0.25, -0.2) is 0 Å². The number of amides is 2. The molecule has 0 N–H and O–H groups in total. The summed E-state index contributed by atoms with van der Waals surface area (Å²) in [6.45, 7) is 2.45. The summed E-state index contributed by atoms with van der Waals surface area (Å²) in [6.07, 6.45) is 0.745. The van der Waals surface area contributed by atoms with Gasteiger partial charge in [-0.1, -0.05) is 19.1 Å². The molecule has 1 unspecified atom stereocenters. The molecule has 0 saturated heterocycles. The molecule has 2 rings (SSSR count). The van der Waals surface area contributed by atoms with Crippen LogP contribution in [0.25, 0.3) is 0 Å². The van der Waals surface area contributed by atoms with Crippen molar-refractivity contribution < 1.29 is 9.59 Å². The van der Waals surface area contributed by atoms with E-state index in [0.717, 1.165) is 6.42 Å². The van der Waals surface area contributed by atoms with E-state index in [2.05, 4.69) is 0 Å². The first-order valence-corrected chi connectivity index (χ1v) is 6.19. The van der Waals surface area contributed by atoms with Gasteiger partial charge in [0.15, 0.2) is 0 Å². The number of alkyl halides is 1. The second-order valence-corrected chi connectivity index (χ2v) is 4.66. The van der Waals surface area contributed by atoms with Crippen molar-refractivity contribution in [2.45, 2.75) is 13.3 Å². The predicted molar refractivity (Wildman–Crippen MR) is 66.3 cm³/mol. The number of hydrogen-bond donors (Lipinski definition) is 0. The fourth-order valence-electron chi connectivity index (χ4n) is 1.87. The van der Waals surface area contributed by atoms with Crippen molar-refractivity contribution in [2.75, 3.05) is 12.4 Å². The molecule has 2 amide bonds. The molecule has 1 aromatic rings. The van der Waals surface area contributed by atoms with Crippen LogP contribution in [0.15, 0.2) is 24.3 Å². The number of imide groups is 1. The van der Waals surface area contributed by atoms with E-state index in [1.165, 1.54) is 4.90 Å². The first-order valence-electron chi connectivity index (χ1n) is 5.66. The molecular weight excluding hydrogens is 238 g/mol. The molecule has 0 bridgehead atoms. The average molecular weight is 252 g/mol. The van der Waals surface area contributed by atoms with Crippen molar-refractivity contribution >= 4 is 23.4 Å². The molecule has 0 aromatic heterocycles. The molecule has 0 radical (unpaired) electrons. The quantitative estimate of drug-likeness (QED) is 0.609. The molecule has 90 valence electrons. The maximum atomic E-state index is 12.0. The van der Waals surface area contributed by atoms with Crippen molar-refractivity contribution in [1.29, 1.82) is 0 Å². The highest BCUT2D eigenvalue weighted by Crippen LogP contribution is 2.23. The monoisotopic (exact) mass is 251 g/mol. The Labute approximate surface area is 105 Å². The second kappa shape index (κ2) is 4.88. The van der Waals surface area contributed by atoms with Crippen LogP contribution in [0.1, 0.15) is 34.1 Å². The highest BCUT2D eigenvalue weighted by molar-refractivity contribution is 6.21. The van der Waals surface area contributed by atoms with Crippen LogP contribution in [0.4, 0.5) is 0 Å². The van der Waals surface area contributed by atoms with Gasteiger partial charge in [0, 0.05) is 12.4 Å². The molecule has 1 heterocycles. The maximum Gasteiger partial charge on any atom is 0.261 e. The first-order chi connectivity index (χ1) is 8.15. The van der Waals surface area contributed by atoms with Crippen LogP contribution in [0, 0.1) is 5.92 Å². The zero-order valence-electron chi connectivity index (χ0n) is 9.65.